The van der Waals surface area contributed by atoms with Crippen molar-refractivity contribution in [3.8, 4) is 0 Å². The van der Waals surface area contributed by atoms with Gasteiger partial charge in [-0.3, -0.25) is 9.78 Å². The molecule has 2 rings (SSSR count). The number of hydrogen-bond acceptors (Lipinski definition) is 5. The zero-order chi connectivity index (χ0) is 22.9. The molecule has 8 nitrogen and oxygen atoms in total. The van der Waals surface area contributed by atoms with Crippen LogP contribution in [0.4, 0.5) is 4.79 Å². The molecule has 0 aliphatic carbocycles. The lowest BCUT2D eigenvalue weighted by molar-refractivity contribution is -0.142. The van der Waals surface area contributed by atoms with Gasteiger partial charge in [-0.1, -0.05) is 56.0 Å². The third kappa shape index (κ3) is 9.00. The second kappa shape index (κ2) is 11.3. The van der Waals surface area contributed by atoms with Gasteiger partial charge in [-0.05, 0) is 23.2 Å². The van der Waals surface area contributed by atoms with Crippen LogP contribution < -0.4 is 10.6 Å². The fourth-order valence-corrected chi connectivity index (χ4v) is 4.47. The minimum atomic E-state index is -1.78. The van der Waals surface area contributed by atoms with Gasteiger partial charge in [0, 0.05) is 26.9 Å². The zero-order valence-corrected chi connectivity index (χ0v) is 19.0. The molecule has 0 bridgehead atoms. The van der Waals surface area contributed by atoms with Crippen molar-refractivity contribution in [2.24, 2.45) is 0 Å². The number of amides is 2. The smallest absolute Gasteiger partial charge is 0.408 e. The van der Waals surface area contributed by atoms with Crippen molar-refractivity contribution in [3.05, 3.63) is 66.0 Å². The van der Waals surface area contributed by atoms with Crippen LogP contribution in [0.5, 0.6) is 0 Å². The monoisotopic (exact) mass is 443 g/mol. The maximum atomic E-state index is 12.9. The van der Waals surface area contributed by atoms with Gasteiger partial charge < -0.3 is 20.5 Å². The molecule has 3 N–H and O–H groups in total. The average molecular weight is 444 g/mol. The van der Waals surface area contributed by atoms with Crippen LogP contribution in [0.3, 0.4) is 0 Å². The van der Waals surface area contributed by atoms with Crippen LogP contribution in [-0.2, 0) is 27.4 Å². The first-order valence-electron chi connectivity index (χ1n) is 10.0. The third-order valence-corrected chi connectivity index (χ3v) is 6.05. The average Bonchev–Trinajstić information content (AvgIpc) is 2.71. The van der Waals surface area contributed by atoms with E-state index in [0.29, 0.717) is 11.6 Å². The molecular formula is C22H29N3O5Si. The van der Waals surface area contributed by atoms with E-state index < -0.39 is 38.1 Å². The Morgan fingerprint density at radius 2 is 1.68 bits per heavy atom. The SMILES string of the molecule is C[Si](C)(C)C[C@@H](NC(=O)OCc1ccccc1)C(=O)N[C@@H](Cc1cccnc1)C(=O)O. The van der Waals surface area contributed by atoms with Crippen LogP contribution in [0, 0.1) is 0 Å². The predicted octanol–water partition coefficient (Wildman–Crippen LogP) is 2.83. The van der Waals surface area contributed by atoms with E-state index >= 15 is 0 Å². The minimum absolute atomic E-state index is 0.0761. The van der Waals surface area contributed by atoms with Crippen LogP contribution >= 0.6 is 0 Å². The number of hydrogen-bond donors (Lipinski definition) is 3. The van der Waals surface area contributed by atoms with Crippen LogP contribution in [-0.4, -0.2) is 48.2 Å². The number of rotatable bonds is 10. The van der Waals surface area contributed by atoms with E-state index in [9.17, 15) is 19.5 Å². The van der Waals surface area contributed by atoms with Crippen molar-refractivity contribution in [2.75, 3.05) is 0 Å². The van der Waals surface area contributed by atoms with Gasteiger partial charge in [-0.15, -0.1) is 0 Å². The van der Waals surface area contributed by atoms with Crippen LogP contribution in [0.15, 0.2) is 54.9 Å². The van der Waals surface area contributed by atoms with Crippen molar-refractivity contribution in [3.63, 3.8) is 0 Å². The molecule has 9 heteroatoms. The highest BCUT2D eigenvalue weighted by atomic mass is 28.3. The molecule has 0 radical (unpaired) electrons. The van der Waals surface area contributed by atoms with Gasteiger partial charge in [0.1, 0.15) is 18.7 Å². The van der Waals surface area contributed by atoms with Crippen molar-refractivity contribution in [2.45, 2.75) is 50.8 Å². The first-order chi connectivity index (χ1) is 14.6. The maximum absolute atomic E-state index is 12.9. The van der Waals surface area contributed by atoms with Gasteiger partial charge >= 0.3 is 12.1 Å². The molecule has 0 unspecified atom stereocenters. The topological polar surface area (TPSA) is 118 Å². The summed E-state index contributed by atoms with van der Waals surface area (Å²) in [6, 6.07) is 11.1. The molecule has 0 saturated carbocycles. The fraction of sp³-hybridized carbons (Fsp3) is 0.364. The van der Waals surface area contributed by atoms with E-state index in [1.807, 2.05) is 30.3 Å². The molecule has 31 heavy (non-hydrogen) atoms. The third-order valence-electron chi connectivity index (χ3n) is 4.42. The summed E-state index contributed by atoms with van der Waals surface area (Å²) in [5, 5.41) is 14.7. The molecule has 0 aliphatic heterocycles. The summed E-state index contributed by atoms with van der Waals surface area (Å²) in [5.74, 6) is -1.70. The molecule has 1 heterocycles. The van der Waals surface area contributed by atoms with E-state index in [-0.39, 0.29) is 13.0 Å². The van der Waals surface area contributed by atoms with E-state index in [0.717, 1.165) is 5.56 Å². The Kier molecular flexibility index (Phi) is 8.74. The van der Waals surface area contributed by atoms with Crippen molar-refractivity contribution in [1.29, 1.82) is 0 Å². The summed E-state index contributed by atoms with van der Waals surface area (Å²) >= 11 is 0. The first-order valence-corrected chi connectivity index (χ1v) is 13.7. The van der Waals surface area contributed by atoms with Crippen LogP contribution in [0.25, 0.3) is 0 Å². The van der Waals surface area contributed by atoms with Crippen molar-refractivity contribution in [1.82, 2.24) is 15.6 Å². The Labute approximate surface area is 183 Å². The molecule has 1 aromatic heterocycles. The van der Waals surface area contributed by atoms with Crippen molar-refractivity contribution < 1.29 is 24.2 Å². The molecule has 2 atom stereocenters. The molecule has 0 fully saturated rings. The quantitative estimate of drug-likeness (QED) is 0.486. The lowest BCUT2D eigenvalue weighted by Crippen LogP contribution is -2.54. The molecule has 2 aromatic rings. The Morgan fingerprint density at radius 1 is 1.00 bits per heavy atom. The Hall–Kier alpha value is -3.20. The first kappa shape index (κ1) is 24.1. The number of nitrogens with zero attached hydrogens (tertiary/aromatic N) is 1. The van der Waals surface area contributed by atoms with E-state index in [2.05, 4.69) is 35.3 Å². The number of nitrogens with one attached hydrogen (secondary N) is 2. The molecule has 0 aliphatic rings. The predicted molar refractivity (Wildman–Crippen MR) is 119 cm³/mol. The van der Waals surface area contributed by atoms with Crippen LogP contribution in [0.1, 0.15) is 11.1 Å². The van der Waals surface area contributed by atoms with Gasteiger partial charge in [-0.25, -0.2) is 9.59 Å². The number of carbonyl (C=O) groups is 3. The largest absolute Gasteiger partial charge is 0.480 e. The summed E-state index contributed by atoms with van der Waals surface area (Å²) in [4.78, 5) is 40.9. The van der Waals surface area contributed by atoms with Crippen molar-refractivity contribution >= 4 is 26.0 Å². The second-order valence-electron chi connectivity index (χ2n) is 8.49. The van der Waals surface area contributed by atoms with Gasteiger partial charge in [0.05, 0.1) is 0 Å². The van der Waals surface area contributed by atoms with Gasteiger partial charge in [-0.2, -0.15) is 0 Å². The highest BCUT2D eigenvalue weighted by Crippen LogP contribution is 2.13. The van der Waals surface area contributed by atoms with Gasteiger partial charge in [0.25, 0.3) is 0 Å². The normalized spacial score (nSPS) is 13.0. The van der Waals surface area contributed by atoms with E-state index in [1.54, 1.807) is 24.5 Å². The Balaban J connectivity index is 2.03. The minimum Gasteiger partial charge on any atom is -0.480 e. The number of aromatic nitrogens is 1. The van der Waals surface area contributed by atoms with E-state index in [4.69, 9.17) is 4.74 Å². The standard InChI is InChI=1S/C22H29N3O5Si/c1-31(2,3)15-19(25-22(29)30-14-16-8-5-4-6-9-16)20(26)24-18(21(27)28)12-17-10-7-11-23-13-17/h4-11,13,18-19H,12,14-15H2,1-3H3,(H,24,26)(H,25,29)(H,27,28)/t18-,19+/m0/s1. The lowest BCUT2D eigenvalue weighted by Gasteiger charge is -2.26. The summed E-state index contributed by atoms with van der Waals surface area (Å²) in [6.07, 6.45) is 2.52. The highest BCUT2D eigenvalue weighted by molar-refractivity contribution is 6.76. The number of carbonyl (C=O) groups excluding carboxylic acids is 2. The lowest BCUT2D eigenvalue weighted by atomic mass is 10.1. The molecular weight excluding hydrogens is 414 g/mol. The molecule has 0 saturated heterocycles. The summed E-state index contributed by atoms with van der Waals surface area (Å²) in [6.45, 7) is 6.27. The maximum Gasteiger partial charge on any atom is 0.408 e. The summed E-state index contributed by atoms with van der Waals surface area (Å²) in [7, 11) is -1.78. The summed E-state index contributed by atoms with van der Waals surface area (Å²) < 4.78 is 5.23. The van der Waals surface area contributed by atoms with Gasteiger partial charge in [0.2, 0.25) is 5.91 Å². The number of carboxylic acid groups (broad SMARTS) is 1. The Bertz CT molecular complexity index is 872. The molecule has 2 amide bonds. The highest BCUT2D eigenvalue weighted by Gasteiger charge is 2.31. The number of pyridine rings is 1. The van der Waals surface area contributed by atoms with Crippen LogP contribution in [0.2, 0.25) is 25.7 Å². The summed E-state index contributed by atoms with van der Waals surface area (Å²) in [5.41, 5.74) is 1.51. The number of ether oxygens (including phenoxy) is 1. The number of benzene rings is 1. The number of alkyl carbamates (subject to hydrolysis) is 1. The zero-order valence-electron chi connectivity index (χ0n) is 18.0. The van der Waals surface area contributed by atoms with E-state index in [1.165, 1.54) is 0 Å². The molecule has 1 aromatic carbocycles. The fourth-order valence-electron chi connectivity index (χ4n) is 2.96. The number of carboxylic acids is 1. The molecule has 166 valence electrons. The van der Waals surface area contributed by atoms with Gasteiger partial charge in [0.15, 0.2) is 0 Å². The number of aliphatic carboxylic acids is 1. The second-order valence-corrected chi connectivity index (χ2v) is 14.0. The molecule has 0 spiro atoms. The Morgan fingerprint density at radius 3 is 2.26 bits per heavy atom.